The van der Waals surface area contributed by atoms with Crippen molar-refractivity contribution < 1.29 is 22.7 Å². The van der Waals surface area contributed by atoms with E-state index in [1.807, 2.05) is 29.5 Å². The molecular weight excluding hydrogens is 374 g/mol. The van der Waals surface area contributed by atoms with Gasteiger partial charge in [0, 0.05) is 12.1 Å². The molecule has 0 radical (unpaired) electrons. The van der Waals surface area contributed by atoms with Crippen LogP contribution in [0.4, 0.5) is 13.2 Å². The van der Waals surface area contributed by atoms with Gasteiger partial charge >= 0.3 is 6.18 Å². The van der Waals surface area contributed by atoms with Crippen LogP contribution in [0.2, 0.25) is 0 Å². The number of benzene rings is 1. The van der Waals surface area contributed by atoms with Crippen LogP contribution in [0.15, 0.2) is 18.2 Å². The quantitative estimate of drug-likeness (QED) is 0.787. The highest BCUT2D eigenvalue weighted by Gasteiger charge is 2.28. The van der Waals surface area contributed by atoms with E-state index in [2.05, 4.69) is 10.1 Å². The van der Waals surface area contributed by atoms with E-state index in [0.717, 1.165) is 6.42 Å². The molecule has 1 aromatic rings. The largest absolute Gasteiger partial charge is 0.483 e. The van der Waals surface area contributed by atoms with E-state index in [1.165, 1.54) is 18.2 Å². The summed E-state index contributed by atoms with van der Waals surface area (Å²) < 4.78 is 41.2. The Hall–Kier alpha value is -0.990. The molecule has 0 bridgehead atoms. The number of hydrogen-bond acceptors (Lipinski definition) is 2. The summed E-state index contributed by atoms with van der Waals surface area (Å²) in [6, 6.07) is 4.31. The zero-order valence-corrected chi connectivity index (χ0v) is 12.3. The summed E-state index contributed by atoms with van der Waals surface area (Å²) in [7, 11) is 0. The van der Waals surface area contributed by atoms with Crippen molar-refractivity contribution in [1.82, 2.24) is 5.32 Å². The molecule has 0 saturated heterocycles. The van der Waals surface area contributed by atoms with E-state index in [9.17, 15) is 18.0 Å². The lowest BCUT2D eigenvalue weighted by molar-refractivity contribution is -0.153. The van der Waals surface area contributed by atoms with Crippen LogP contribution < -0.4 is 10.1 Å². The lowest BCUT2D eigenvalue weighted by Crippen LogP contribution is -2.24. The third-order valence-electron chi connectivity index (χ3n) is 2.12. The molecule has 1 N–H and O–H groups in total. The molecule has 1 rings (SSSR count). The first-order valence-electron chi connectivity index (χ1n) is 5.61. The van der Waals surface area contributed by atoms with Gasteiger partial charge in [0.15, 0.2) is 6.61 Å². The Morgan fingerprint density at radius 2 is 2.11 bits per heavy atom. The first kappa shape index (κ1) is 16.1. The third kappa shape index (κ3) is 5.66. The van der Waals surface area contributed by atoms with E-state index >= 15 is 0 Å². The summed E-state index contributed by atoms with van der Waals surface area (Å²) >= 11 is 1.84. The number of halogens is 4. The fourth-order valence-electron chi connectivity index (χ4n) is 1.26. The molecule has 1 amide bonds. The zero-order chi connectivity index (χ0) is 14.5. The molecule has 0 aliphatic rings. The monoisotopic (exact) mass is 387 g/mol. The number of carbonyl (C=O) groups excluding carboxylic acids is 1. The Labute approximate surface area is 122 Å². The van der Waals surface area contributed by atoms with E-state index in [1.54, 1.807) is 0 Å². The molecule has 0 aliphatic heterocycles. The van der Waals surface area contributed by atoms with Crippen molar-refractivity contribution in [2.45, 2.75) is 19.5 Å². The highest BCUT2D eigenvalue weighted by atomic mass is 127. The summed E-state index contributed by atoms with van der Waals surface area (Å²) in [5.41, 5.74) is 0.400. The van der Waals surface area contributed by atoms with Crippen LogP contribution in [0.25, 0.3) is 0 Å². The lowest BCUT2D eigenvalue weighted by atomic mass is 10.2. The number of carbonyl (C=O) groups is 1. The summed E-state index contributed by atoms with van der Waals surface area (Å²) in [5.74, 6) is -0.132. The summed E-state index contributed by atoms with van der Waals surface area (Å²) in [6.45, 7) is 1.14. The fraction of sp³-hybridized carbons (Fsp3) is 0.417. The van der Waals surface area contributed by atoms with Crippen molar-refractivity contribution in [1.29, 1.82) is 0 Å². The SMILES string of the molecule is CCCNC(=O)c1ccc(OCC(F)(F)F)c(I)c1. The molecular formula is C12H13F3INO2. The van der Waals surface area contributed by atoms with Gasteiger partial charge in [-0.1, -0.05) is 6.92 Å². The number of rotatable bonds is 5. The van der Waals surface area contributed by atoms with Crippen LogP contribution in [-0.4, -0.2) is 25.2 Å². The average molecular weight is 387 g/mol. The van der Waals surface area contributed by atoms with Crippen molar-refractivity contribution in [2.75, 3.05) is 13.2 Å². The predicted molar refractivity (Wildman–Crippen MR) is 73.3 cm³/mol. The normalized spacial score (nSPS) is 11.2. The smallest absolute Gasteiger partial charge is 0.422 e. The molecule has 0 fully saturated rings. The average Bonchev–Trinajstić information content (AvgIpc) is 2.33. The van der Waals surface area contributed by atoms with Crippen LogP contribution in [0.1, 0.15) is 23.7 Å². The maximum Gasteiger partial charge on any atom is 0.422 e. The van der Waals surface area contributed by atoms with Crippen molar-refractivity contribution in [2.24, 2.45) is 0 Å². The Bertz CT molecular complexity index is 449. The topological polar surface area (TPSA) is 38.3 Å². The van der Waals surface area contributed by atoms with Crippen LogP contribution in [0.3, 0.4) is 0 Å². The van der Waals surface area contributed by atoms with Gasteiger partial charge in [0.05, 0.1) is 3.57 Å². The molecule has 19 heavy (non-hydrogen) atoms. The molecule has 0 aromatic heterocycles. The summed E-state index contributed by atoms with van der Waals surface area (Å²) in [5, 5.41) is 2.69. The molecule has 106 valence electrons. The lowest BCUT2D eigenvalue weighted by Gasteiger charge is -2.11. The van der Waals surface area contributed by atoms with E-state index in [-0.39, 0.29) is 11.7 Å². The second-order valence-corrected chi connectivity index (χ2v) is 4.97. The summed E-state index contributed by atoms with van der Waals surface area (Å²) in [4.78, 5) is 11.6. The number of nitrogens with one attached hydrogen (secondary N) is 1. The Morgan fingerprint density at radius 3 is 2.63 bits per heavy atom. The van der Waals surface area contributed by atoms with Crippen LogP contribution >= 0.6 is 22.6 Å². The second-order valence-electron chi connectivity index (χ2n) is 3.80. The van der Waals surface area contributed by atoms with Crippen LogP contribution in [0.5, 0.6) is 5.75 Å². The van der Waals surface area contributed by atoms with Crippen LogP contribution in [0, 0.1) is 3.57 Å². The fourth-order valence-corrected chi connectivity index (χ4v) is 1.93. The Kier molecular flexibility index (Phi) is 5.89. The Morgan fingerprint density at radius 1 is 1.42 bits per heavy atom. The molecule has 0 atom stereocenters. The molecule has 3 nitrogen and oxygen atoms in total. The van der Waals surface area contributed by atoms with Gasteiger partial charge in [-0.2, -0.15) is 13.2 Å². The minimum Gasteiger partial charge on any atom is -0.483 e. The van der Waals surface area contributed by atoms with Gasteiger partial charge < -0.3 is 10.1 Å². The van der Waals surface area contributed by atoms with Crippen molar-refractivity contribution in [3.05, 3.63) is 27.3 Å². The molecule has 7 heteroatoms. The number of ether oxygens (including phenoxy) is 1. The minimum absolute atomic E-state index is 0.116. The van der Waals surface area contributed by atoms with Gasteiger partial charge in [-0.3, -0.25) is 4.79 Å². The van der Waals surface area contributed by atoms with Crippen molar-refractivity contribution in [3.8, 4) is 5.75 Å². The van der Waals surface area contributed by atoms with Gasteiger partial charge in [-0.05, 0) is 47.2 Å². The zero-order valence-electron chi connectivity index (χ0n) is 10.2. The third-order valence-corrected chi connectivity index (χ3v) is 2.96. The maximum absolute atomic E-state index is 12.0. The van der Waals surface area contributed by atoms with Gasteiger partial charge in [0.1, 0.15) is 5.75 Å². The molecule has 0 heterocycles. The first-order chi connectivity index (χ1) is 8.83. The standard InChI is InChI=1S/C12H13F3INO2/c1-2-5-17-11(18)8-3-4-10(9(16)6-8)19-7-12(13,14)15/h3-4,6H,2,5,7H2,1H3,(H,17,18). The van der Waals surface area contributed by atoms with Gasteiger partial charge in [-0.25, -0.2) is 0 Å². The van der Waals surface area contributed by atoms with E-state index < -0.39 is 12.8 Å². The molecule has 0 unspecified atom stereocenters. The molecule has 0 spiro atoms. The van der Waals surface area contributed by atoms with Gasteiger partial charge in [-0.15, -0.1) is 0 Å². The molecule has 0 saturated carbocycles. The maximum atomic E-state index is 12.0. The van der Waals surface area contributed by atoms with Crippen molar-refractivity contribution >= 4 is 28.5 Å². The Balaban J connectivity index is 2.71. The van der Waals surface area contributed by atoms with Crippen LogP contribution in [-0.2, 0) is 0 Å². The highest BCUT2D eigenvalue weighted by Crippen LogP contribution is 2.24. The predicted octanol–water partition coefficient (Wildman–Crippen LogP) is 3.37. The highest BCUT2D eigenvalue weighted by molar-refractivity contribution is 14.1. The number of alkyl halides is 3. The second kappa shape index (κ2) is 6.97. The number of hydrogen-bond donors (Lipinski definition) is 1. The van der Waals surface area contributed by atoms with E-state index in [4.69, 9.17) is 0 Å². The molecule has 0 aliphatic carbocycles. The van der Waals surface area contributed by atoms with Crippen molar-refractivity contribution in [3.63, 3.8) is 0 Å². The minimum atomic E-state index is -4.37. The van der Waals surface area contributed by atoms with Gasteiger partial charge in [0.25, 0.3) is 5.91 Å². The number of amides is 1. The van der Waals surface area contributed by atoms with Gasteiger partial charge in [0.2, 0.25) is 0 Å². The summed E-state index contributed by atoms with van der Waals surface area (Å²) in [6.07, 6.45) is -3.56. The van der Waals surface area contributed by atoms with E-state index in [0.29, 0.717) is 15.7 Å². The first-order valence-corrected chi connectivity index (χ1v) is 6.68. The molecule has 1 aromatic carbocycles.